The molecule has 5 rings (SSSR count). The summed E-state index contributed by atoms with van der Waals surface area (Å²) in [5.41, 5.74) is 0.111. The van der Waals surface area contributed by atoms with Gasteiger partial charge in [0.05, 0.1) is 16.9 Å². The van der Waals surface area contributed by atoms with Crippen molar-refractivity contribution in [3.05, 3.63) is 71.8 Å². The van der Waals surface area contributed by atoms with Crippen LogP contribution < -0.4 is 0 Å². The summed E-state index contributed by atoms with van der Waals surface area (Å²) in [4.78, 5) is 27.7. The first-order chi connectivity index (χ1) is 13.4. The van der Waals surface area contributed by atoms with E-state index in [1.165, 1.54) is 0 Å². The van der Waals surface area contributed by atoms with Crippen LogP contribution >= 0.6 is 0 Å². The van der Waals surface area contributed by atoms with Crippen LogP contribution in [0.25, 0.3) is 0 Å². The zero-order valence-corrected chi connectivity index (χ0v) is 16.6. The molecule has 0 heterocycles. The van der Waals surface area contributed by atoms with Crippen LogP contribution in [-0.4, -0.2) is 24.3 Å². The number of Topliss-reactive ketones (excluding diaryl/α,β-unsaturated/α-hetero) is 2. The highest BCUT2D eigenvalue weighted by Crippen LogP contribution is 2.80. The van der Waals surface area contributed by atoms with Gasteiger partial charge in [0, 0.05) is 23.9 Å². The average molecular weight is 374 g/mol. The highest BCUT2D eigenvalue weighted by atomic mass is 16.5. The molecule has 0 spiro atoms. The molecule has 3 fully saturated rings. The highest BCUT2D eigenvalue weighted by Gasteiger charge is 2.88. The van der Waals surface area contributed by atoms with Crippen molar-refractivity contribution in [3.8, 4) is 0 Å². The molecule has 3 saturated carbocycles. The quantitative estimate of drug-likeness (QED) is 0.806. The SMILES string of the molecule is CCO[C@H]1C[C@H]2C(=O)[C@@H]3C(c4ccccc4)(c4ccccc4)[C@]3(C)C(=O)[C@@]12C. The van der Waals surface area contributed by atoms with Crippen molar-refractivity contribution in [2.24, 2.45) is 22.7 Å². The fraction of sp³-hybridized carbons (Fsp3) is 0.440. The van der Waals surface area contributed by atoms with Gasteiger partial charge in [0.2, 0.25) is 0 Å². The molecule has 3 aliphatic carbocycles. The van der Waals surface area contributed by atoms with E-state index in [4.69, 9.17) is 4.74 Å². The lowest BCUT2D eigenvalue weighted by Crippen LogP contribution is -2.64. The Labute approximate surface area is 166 Å². The Hall–Kier alpha value is -2.26. The molecule has 0 saturated heterocycles. The van der Waals surface area contributed by atoms with E-state index in [1.54, 1.807) is 0 Å². The first-order valence-corrected chi connectivity index (χ1v) is 10.3. The van der Waals surface area contributed by atoms with E-state index in [9.17, 15) is 9.59 Å². The lowest BCUT2D eigenvalue weighted by Gasteiger charge is -2.54. The van der Waals surface area contributed by atoms with E-state index in [0.717, 1.165) is 11.1 Å². The number of hydrogen-bond donors (Lipinski definition) is 0. The van der Waals surface area contributed by atoms with Gasteiger partial charge >= 0.3 is 0 Å². The molecule has 0 bridgehead atoms. The number of fused-ring (bicyclic) bond motifs is 2. The minimum absolute atomic E-state index is 0.151. The van der Waals surface area contributed by atoms with E-state index in [1.807, 2.05) is 57.2 Å². The van der Waals surface area contributed by atoms with Gasteiger partial charge in [-0.1, -0.05) is 67.6 Å². The van der Waals surface area contributed by atoms with Gasteiger partial charge in [0.25, 0.3) is 0 Å². The molecule has 3 nitrogen and oxygen atoms in total. The summed E-state index contributed by atoms with van der Waals surface area (Å²) in [6, 6.07) is 20.3. The summed E-state index contributed by atoms with van der Waals surface area (Å²) in [7, 11) is 0. The van der Waals surface area contributed by atoms with Gasteiger partial charge < -0.3 is 4.74 Å². The lowest BCUT2D eigenvalue weighted by atomic mass is 9.49. The van der Waals surface area contributed by atoms with Crippen molar-refractivity contribution in [2.45, 2.75) is 38.7 Å². The Morgan fingerprint density at radius 3 is 1.96 bits per heavy atom. The van der Waals surface area contributed by atoms with Gasteiger partial charge in [-0.25, -0.2) is 0 Å². The van der Waals surface area contributed by atoms with E-state index in [-0.39, 0.29) is 29.5 Å². The number of ketones is 2. The van der Waals surface area contributed by atoms with Gasteiger partial charge in [0.15, 0.2) is 0 Å². The first kappa shape index (κ1) is 17.8. The molecule has 0 aromatic heterocycles. The summed E-state index contributed by atoms with van der Waals surface area (Å²) in [5.74, 6) is -0.0675. The third-order valence-electron chi connectivity index (χ3n) is 8.00. The Balaban J connectivity index is 1.72. The molecule has 0 unspecified atom stereocenters. The van der Waals surface area contributed by atoms with Crippen LogP contribution in [-0.2, 0) is 19.7 Å². The van der Waals surface area contributed by atoms with Gasteiger partial charge in [-0.05, 0) is 31.4 Å². The molecule has 144 valence electrons. The Morgan fingerprint density at radius 1 is 0.929 bits per heavy atom. The van der Waals surface area contributed by atoms with Gasteiger partial charge in [-0.2, -0.15) is 0 Å². The third-order valence-corrected chi connectivity index (χ3v) is 8.00. The smallest absolute Gasteiger partial charge is 0.149 e. The van der Waals surface area contributed by atoms with E-state index in [2.05, 4.69) is 24.3 Å². The standard InChI is InChI=1S/C25H26O3/c1-4-28-19-15-18-20(26)21-24(3,22(27)23(18,19)2)25(21,16-11-7-5-8-12-16)17-13-9-6-10-14-17/h5-14,18-19,21H,4,15H2,1-3H3/t18-,19-,21-,23+,24-/m0/s1. The molecule has 0 radical (unpaired) electrons. The molecule has 0 aliphatic heterocycles. The predicted octanol–water partition coefficient (Wildman–Crippen LogP) is 4.19. The lowest BCUT2D eigenvalue weighted by molar-refractivity contribution is -0.188. The number of carbonyl (C=O) groups is 2. The second kappa shape index (κ2) is 5.64. The molecule has 2 aromatic rings. The van der Waals surface area contributed by atoms with Crippen LogP contribution in [0.4, 0.5) is 0 Å². The minimum atomic E-state index is -0.728. The van der Waals surface area contributed by atoms with E-state index < -0.39 is 16.2 Å². The highest BCUT2D eigenvalue weighted by molar-refractivity contribution is 6.13. The van der Waals surface area contributed by atoms with Crippen LogP contribution in [0.1, 0.15) is 38.3 Å². The van der Waals surface area contributed by atoms with E-state index >= 15 is 0 Å². The van der Waals surface area contributed by atoms with Crippen LogP contribution in [0.2, 0.25) is 0 Å². The fourth-order valence-electron chi connectivity index (χ4n) is 6.62. The summed E-state index contributed by atoms with van der Waals surface area (Å²) >= 11 is 0. The van der Waals surface area contributed by atoms with Crippen LogP contribution in [0.15, 0.2) is 60.7 Å². The Morgan fingerprint density at radius 2 is 1.46 bits per heavy atom. The second-order valence-electron chi connectivity index (χ2n) is 8.92. The molecule has 3 aliphatic rings. The molecular weight excluding hydrogens is 348 g/mol. The monoisotopic (exact) mass is 374 g/mol. The second-order valence-corrected chi connectivity index (χ2v) is 8.92. The van der Waals surface area contributed by atoms with Gasteiger partial charge in [-0.3, -0.25) is 9.59 Å². The fourth-order valence-corrected chi connectivity index (χ4v) is 6.62. The van der Waals surface area contributed by atoms with Crippen molar-refractivity contribution < 1.29 is 14.3 Å². The normalized spacial score (nSPS) is 37.6. The molecule has 28 heavy (non-hydrogen) atoms. The molecule has 5 atom stereocenters. The summed E-state index contributed by atoms with van der Waals surface area (Å²) in [5, 5.41) is 0. The number of hydrogen-bond acceptors (Lipinski definition) is 3. The predicted molar refractivity (Wildman–Crippen MR) is 107 cm³/mol. The van der Waals surface area contributed by atoms with Gasteiger partial charge in [-0.15, -0.1) is 0 Å². The van der Waals surface area contributed by atoms with Crippen molar-refractivity contribution in [2.75, 3.05) is 6.61 Å². The van der Waals surface area contributed by atoms with Crippen molar-refractivity contribution in [1.29, 1.82) is 0 Å². The van der Waals surface area contributed by atoms with Crippen molar-refractivity contribution in [3.63, 3.8) is 0 Å². The van der Waals surface area contributed by atoms with E-state index in [0.29, 0.717) is 13.0 Å². The number of carbonyl (C=O) groups excluding carboxylic acids is 2. The maximum Gasteiger partial charge on any atom is 0.149 e. The maximum absolute atomic E-state index is 14.0. The molecule has 0 amide bonds. The Bertz CT molecular complexity index is 911. The zero-order valence-electron chi connectivity index (χ0n) is 16.6. The number of benzene rings is 2. The summed E-state index contributed by atoms with van der Waals surface area (Å²) in [6.07, 6.45) is 0.516. The zero-order chi connectivity index (χ0) is 19.7. The largest absolute Gasteiger partial charge is 0.377 e. The van der Waals surface area contributed by atoms with Crippen LogP contribution in [0.5, 0.6) is 0 Å². The van der Waals surface area contributed by atoms with Crippen molar-refractivity contribution >= 4 is 11.6 Å². The first-order valence-electron chi connectivity index (χ1n) is 10.3. The van der Waals surface area contributed by atoms with Crippen LogP contribution in [0.3, 0.4) is 0 Å². The number of rotatable bonds is 4. The molecule has 0 N–H and O–H groups in total. The minimum Gasteiger partial charge on any atom is -0.377 e. The maximum atomic E-state index is 14.0. The number of ether oxygens (including phenoxy) is 1. The summed E-state index contributed by atoms with van der Waals surface area (Å²) in [6.45, 7) is 6.49. The molecule has 2 aromatic carbocycles. The average Bonchev–Trinajstić information content (AvgIpc) is 3.32. The molecule has 3 heteroatoms. The topological polar surface area (TPSA) is 43.4 Å². The third kappa shape index (κ3) is 1.75. The molecular formula is C25H26O3. The van der Waals surface area contributed by atoms with Crippen molar-refractivity contribution in [1.82, 2.24) is 0 Å². The summed E-state index contributed by atoms with van der Waals surface area (Å²) < 4.78 is 5.89. The Kier molecular flexibility index (Phi) is 3.59. The van der Waals surface area contributed by atoms with Crippen LogP contribution in [0, 0.1) is 22.7 Å². The van der Waals surface area contributed by atoms with Gasteiger partial charge in [0.1, 0.15) is 11.6 Å².